The molecule has 0 aliphatic carbocycles. The SMILES string of the molecule is CC(C)(C)OC(=O)Oc1c(I)cc(I)cc1COC(=O)C(C)(C)C. The number of hydrogen-bond donors (Lipinski definition) is 0. The summed E-state index contributed by atoms with van der Waals surface area (Å²) in [7, 11) is 0. The maximum Gasteiger partial charge on any atom is 0.514 e. The van der Waals surface area contributed by atoms with Gasteiger partial charge in [0.25, 0.3) is 0 Å². The van der Waals surface area contributed by atoms with Crippen molar-refractivity contribution in [1.29, 1.82) is 0 Å². The average Bonchev–Trinajstić information content (AvgIpc) is 2.36. The minimum atomic E-state index is -0.787. The number of halogens is 2. The Hall–Kier alpha value is -0.580. The first-order valence-corrected chi connectivity index (χ1v) is 9.51. The molecule has 1 aromatic rings. The molecule has 7 heteroatoms. The predicted octanol–water partition coefficient (Wildman–Crippen LogP) is 5.30. The van der Waals surface area contributed by atoms with Crippen LogP contribution in [-0.2, 0) is 20.9 Å². The van der Waals surface area contributed by atoms with Crippen molar-refractivity contribution < 1.29 is 23.8 Å². The van der Waals surface area contributed by atoms with E-state index in [1.807, 2.05) is 12.1 Å². The highest BCUT2D eigenvalue weighted by molar-refractivity contribution is 14.1. The lowest BCUT2D eigenvalue weighted by Crippen LogP contribution is -2.26. The van der Waals surface area contributed by atoms with E-state index in [0.717, 1.165) is 7.14 Å². The number of benzene rings is 1. The van der Waals surface area contributed by atoms with Crippen molar-refractivity contribution in [3.8, 4) is 5.75 Å². The quantitative estimate of drug-likeness (QED) is 0.286. The molecular weight excluding hydrogens is 538 g/mol. The van der Waals surface area contributed by atoms with Gasteiger partial charge in [0.2, 0.25) is 0 Å². The van der Waals surface area contributed by atoms with E-state index in [1.165, 1.54) is 0 Å². The van der Waals surface area contributed by atoms with Gasteiger partial charge in [0.1, 0.15) is 12.2 Å². The Balaban J connectivity index is 2.99. The van der Waals surface area contributed by atoms with Crippen molar-refractivity contribution in [1.82, 2.24) is 0 Å². The summed E-state index contributed by atoms with van der Waals surface area (Å²) < 4.78 is 17.6. The second kappa shape index (κ2) is 8.20. The molecule has 0 spiro atoms. The molecule has 0 saturated carbocycles. The van der Waals surface area contributed by atoms with Gasteiger partial charge in [-0.2, -0.15) is 0 Å². The predicted molar refractivity (Wildman–Crippen MR) is 108 cm³/mol. The molecule has 0 aliphatic heterocycles. The third-order valence-electron chi connectivity index (χ3n) is 2.63. The van der Waals surface area contributed by atoms with Gasteiger partial charge in [-0.05, 0) is 98.9 Å². The molecule has 0 aliphatic rings. The van der Waals surface area contributed by atoms with Crippen molar-refractivity contribution in [2.75, 3.05) is 0 Å². The van der Waals surface area contributed by atoms with Crippen molar-refractivity contribution in [2.45, 2.75) is 53.8 Å². The van der Waals surface area contributed by atoms with Crippen LogP contribution in [0.4, 0.5) is 4.79 Å². The van der Waals surface area contributed by atoms with E-state index in [2.05, 4.69) is 45.2 Å². The van der Waals surface area contributed by atoms with E-state index in [0.29, 0.717) is 11.3 Å². The number of rotatable bonds is 3. The van der Waals surface area contributed by atoms with E-state index in [-0.39, 0.29) is 12.6 Å². The van der Waals surface area contributed by atoms with Crippen LogP contribution in [-0.4, -0.2) is 17.7 Å². The Morgan fingerprint density at radius 3 is 2.12 bits per heavy atom. The zero-order chi connectivity index (χ0) is 18.7. The normalized spacial score (nSPS) is 11.8. The maximum absolute atomic E-state index is 12.0. The molecule has 0 radical (unpaired) electrons. The lowest BCUT2D eigenvalue weighted by Gasteiger charge is -2.21. The Bertz CT molecular complexity index is 627. The molecule has 0 bridgehead atoms. The fraction of sp³-hybridized carbons (Fsp3) is 0.529. The molecule has 5 nitrogen and oxygen atoms in total. The summed E-state index contributed by atoms with van der Waals surface area (Å²) in [6.07, 6.45) is -0.787. The van der Waals surface area contributed by atoms with Gasteiger partial charge in [0.05, 0.1) is 8.99 Å². The number of esters is 1. The van der Waals surface area contributed by atoms with Crippen LogP contribution in [0, 0.1) is 12.6 Å². The van der Waals surface area contributed by atoms with Gasteiger partial charge >= 0.3 is 12.1 Å². The molecule has 0 aromatic heterocycles. The van der Waals surface area contributed by atoms with E-state index >= 15 is 0 Å². The number of carbonyl (C=O) groups excluding carboxylic acids is 2. The summed E-state index contributed by atoms with van der Waals surface area (Å²) in [5.41, 5.74) is -0.624. The Labute approximate surface area is 170 Å². The maximum atomic E-state index is 12.0. The monoisotopic (exact) mass is 560 g/mol. The second-order valence-electron chi connectivity index (χ2n) is 7.27. The second-order valence-corrected chi connectivity index (χ2v) is 9.68. The highest BCUT2D eigenvalue weighted by atomic mass is 127. The molecule has 134 valence electrons. The zero-order valence-corrected chi connectivity index (χ0v) is 19.0. The Kier molecular flexibility index (Phi) is 7.33. The number of carbonyl (C=O) groups is 2. The van der Waals surface area contributed by atoms with Crippen LogP contribution in [0.3, 0.4) is 0 Å². The van der Waals surface area contributed by atoms with Gasteiger partial charge in [0, 0.05) is 9.13 Å². The van der Waals surface area contributed by atoms with Crippen LogP contribution < -0.4 is 4.74 Å². The van der Waals surface area contributed by atoms with Gasteiger partial charge in [-0.1, -0.05) is 0 Å². The fourth-order valence-corrected chi connectivity index (χ4v) is 3.62. The minimum Gasteiger partial charge on any atom is -0.460 e. The third-order valence-corrected chi connectivity index (χ3v) is 4.06. The van der Waals surface area contributed by atoms with Crippen molar-refractivity contribution in [3.63, 3.8) is 0 Å². The zero-order valence-electron chi connectivity index (χ0n) is 14.7. The van der Waals surface area contributed by atoms with E-state index in [1.54, 1.807) is 41.5 Å². The molecule has 0 atom stereocenters. The molecule has 0 fully saturated rings. The average molecular weight is 560 g/mol. The van der Waals surface area contributed by atoms with Crippen LogP contribution in [0.5, 0.6) is 5.75 Å². The third kappa shape index (κ3) is 7.12. The molecular formula is C17H22I2O5. The molecule has 0 N–H and O–H groups in total. The molecule has 0 heterocycles. The van der Waals surface area contributed by atoms with E-state index in [4.69, 9.17) is 14.2 Å². The Morgan fingerprint density at radius 2 is 1.62 bits per heavy atom. The van der Waals surface area contributed by atoms with Gasteiger partial charge in [-0.15, -0.1) is 0 Å². The first-order valence-electron chi connectivity index (χ1n) is 7.35. The molecule has 1 aromatic carbocycles. The highest BCUT2D eigenvalue weighted by Gasteiger charge is 2.25. The fourth-order valence-electron chi connectivity index (χ4n) is 1.55. The van der Waals surface area contributed by atoms with Gasteiger partial charge in [-0.3, -0.25) is 4.79 Å². The van der Waals surface area contributed by atoms with Crippen LogP contribution in [0.2, 0.25) is 0 Å². The van der Waals surface area contributed by atoms with Gasteiger partial charge in [-0.25, -0.2) is 4.79 Å². The standard InChI is InChI=1S/C17H22I2O5/c1-16(2,3)14(20)22-9-10-7-11(18)8-12(19)13(10)23-15(21)24-17(4,5)6/h7-8H,9H2,1-6H3. The summed E-state index contributed by atoms with van der Waals surface area (Å²) in [5, 5.41) is 0. The number of hydrogen-bond acceptors (Lipinski definition) is 5. The number of ether oxygens (including phenoxy) is 3. The molecule has 0 unspecified atom stereocenters. The lowest BCUT2D eigenvalue weighted by molar-refractivity contribution is -0.154. The Morgan fingerprint density at radius 1 is 1.04 bits per heavy atom. The van der Waals surface area contributed by atoms with Crippen molar-refractivity contribution >= 4 is 57.3 Å². The van der Waals surface area contributed by atoms with Crippen LogP contribution in [0.25, 0.3) is 0 Å². The van der Waals surface area contributed by atoms with Gasteiger partial charge < -0.3 is 14.2 Å². The van der Waals surface area contributed by atoms with Gasteiger partial charge in [0.15, 0.2) is 5.75 Å². The summed E-state index contributed by atoms with van der Waals surface area (Å²) in [5.74, 6) is 0.0339. The molecule has 1 rings (SSSR count). The smallest absolute Gasteiger partial charge is 0.460 e. The molecule has 24 heavy (non-hydrogen) atoms. The topological polar surface area (TPSA) is 61.8 Å². The molecule has 0 saturated heterocycles. The van der Waals surface area contributed by atoms with Crippen LogP contribution in [0.15, 0.2) is 12.1 Å². The largest absolute Gasteiger partial charge is 0.514 e. The minimum absolute atomic E-state index is 0.0288. The molecule has 0 amide bonds. The first-order chi connectivity index (χ1) is 10.8. The first kappa shape index (κ1) is 21.5. The highest BCUT2D eigenvalue weighted by Crippen LogP contribution is 2.30. The lowest BCUT2D eigenvalue weighted by atomic mass is 9.97. The van der Waals surface area contributed by atoms with E-state index in [9.17, 15) is 9.59 Å². The van der Waals surface area contributed by atoms with Crippen molar-refractivity contribution in [3.05, 3.63) is 24.8 Å². The van der Waals surface area contributed by atoms with Crippen LogP contribution >= 0.6 is 45.2 Å². The van der Waals surface area contributed by atoms with E-state index < -0.39 is 17.2 Å². The summed E-state index contributed by atoms with van der Waals surface area (Å²) >= 11 is 4.24. The summed E-state index contributed by atoms with van der Waals surface area (Å²) in [4.78, 5) is 23.9. The van der Waals surface area contributed by atoms with Crippen LogP contribution in [0.1, 0.15) is 47.1 Å². The summed E-state index contributed by atoms with van der Waals surface area (Å²) in [6.45, 7) is 10.7. The van der Waals surface area contributed by atoms with Crippen molar-refractivity contribution in [2.24, 2.45) is 5.41 Å². The summed E-state index contributed by atoms with van der Waals surface area (Å²) in [6, 6.07) is 3.69.